The zero-order valence-corrected chi connectivity index (χ0v) is 18.0. The number of carbonyl (C=O) groups is 2. The van der Waals surface area contributed by atoms with Crippen LogP contribution in [0.3, 0.4) is 0 Å². The number of hydrogen-bond acceptors (Lipinski definition) is 7. The van der Waals surface area contributed by atoms with E-state index in [2.05, 4.69) is 11.1 Å². The molecule has 3 aromatic rings. The molecule has 2 N–H and O–H groups in total. The third-order valence-corrected chi connectivity index (χ3v) is 6.19. The number of ether oxygens (including phenoxy) is 1. The van der Waals surface area contributed by atoms with Crippen LogP contribution in [0.1, 0.15) is 33.3 Å². The van der Waals surface area contributed by atoms with Crippen LogP contribution in [-0.2, 0) is 17.7 Å². The number of nitrogens with zero attached hydrogens (tertiary/aromatic N) is 3. The molecule has 0 radical (unpaired) electrons. The van der Waals surface area contributed by atoms with E-state index in [0.29, 0.717) is 46.1 Å². The number of primary amides is 1. The molecule has 2 amide bonds. The molecule has 1 aliphatic rings. The van der Waals surface area contributed by atoms with E-state index >= 15 is 0 Å². The van der Waals surface area contributed by atoms with Crippen molar-refractivity contribution in [2.75, 3.05) is 13.2 Å². The average Bonchev–Trinajstić information content (AvgIpc) is 3.10. The van der Waals surface area contributed by atoms with Crippen molar-refractivity contribution < 1.29 is 18.7 Å². The topological polar surface area (TPSA) is 122 Å². The molecule has 10 heteroatoms. The Labute approximate surface area is 186 Å². The molecule has 1 aliphatic heterocycles. The van der Waals surface area contributed by atoms with Crippen LogP contribution in [0, 0.1) is 11.3 Å². The van der Waals surface area contributed by atoms with Crippen LogP contribution >= 0.6 is 22.9 Å². The molecular formula is C21H17ClN4O4S. The summed E-state index contributed by atoms with van der Waals surface area (Å²) in [7, 11) is 0. The molecule has 4 rings (SSSR count). The standard InChI is InChI=1S/C21H17ClN4O4S/c1-2-29-21(28)26-6-5-14-16(10-26)31-20(17(14)18(24)27)25-19-12(9-23)7-11-8-13(22)3-4-15(11)30-19/h3-4,7-8H,2,5-6,10H2,1H3,(H2,24,27)/b25-19-. The molecule has 158 valence electrons. The van der Waals surface area contributed by atoms with Crippen molar-refractivity contribution in [2.24, 2.45) is 10.7 Å². The number of halogens is 1. The zero-order valence-electron chi connectivity index (χ0n) is 16.5. The summed E-state index contributed by atoms with van der Waals surface area (Å²) >= 11 is 7.26. The fourth-order valence-electron chi connectivity index (χ4n) is 3.45. The molecule has 0 saturated heterocycles. The van der Waals surface area contributed by atoms with Crippen molar-refractivity contribution in [3.8, 4) is 6.07 Å². The fraction of sp³-hybridized carbons (Fsp3) is 0.238. The van der Waals surface area contributed by atoms with E-state index in [4.69, 9.17) is 26.5 Å². The molecule has 0 aliphatic carbocycles. The van der Waals surface area contributed by atoms with Crippen LogP contribution in [0.5, 0.6) is 0 Å². The van der Waals surface area contributed by atoms with Gasteiger partial charge in [0.25, 0.3) is 5.91 Å². The summed E-state index contributed by atoms with van der Waals surface area (Å²) in [5.74, 6) is -0.619. The molecule has 0 unspecified atom stereocenters. The van der Waals surface area contributed by atoms with E-state index in [1.54, 1.807) is 36.1 Å². The lowest BCUT2D eigenvalue weighted by atomic mass is 10.0. The van der Waals surface area contributed by atoms with Crippen LogP contribution < -0.4 is 11.3 Å². The van der Waals surface area contributed by atoms with Crippen LogP contribution in [-0.4, -0.2) is 30.1 Å². The van der Waals surface area contributed by atoms with Gasteiger partial charge in [-0.15, -0.1) is 11.3 Å². The Balaban J connectivity index is 1.83. The lowest BCUT2D eigenvalue weighted by Crippen LogP contribution is -2.36. The van der Waals surface area contributed by atoms with Crippen molar-refractivity contribution >= 4 is 50.9 Å². The van der Waals surface area contributed by atoms with Crippen molar-refractivity contribution in [1.29, 1.82) is 5.26 Å². The molecule has 0 atom stereocenters. The SMILES string of the molecule is CCOC(=O)N1CCc2c(sc(/N=c3\oc4ccc(Cl)cc4cc3C#N)c2C(N)=O)C1. The molecule has 31 heavy (non-hydrogen) atoms. The maximum atomic E-state index is 12.2. The van der Waals surface area contributed by atoms with Gasteiger partial charge in [0, 0.05) is 21.8 Å². The lowest BCUT2D eigenvalue weighted by Gasteiger charge is -2.26. The van der Waals surface area contributed by atoms with E-state index in [1.165, 1.54) is 11.3 Å². The van der Waals surface area contributed by atoms with E-state index in [0.717, 1.165) is 10.4 Å². The number of nitriles is 1. The normalized spacial score (nSPS) is 13.7. The first-order valence-electron chi connectivity index (χ1n) is 9.45. The number of amides is 2. The van der Waals surface area contributed by atoms with Gasteiger partial charge >= 0.3 is 6.09 Å². The number of benzene rings is 1. The second-order valence-electron chi connectivity index (χ2n) is 6.79. The highest BCUT2D eigenvalue weighted by Gasteiger charge is 2.29. The van der Waals surface area contributed by atoms with Gasteiger partial charge < -0.3 is 19.8 Å². The number of rotatable bonds is 3. The van der Waals surface area contributed by atoms with Gasteiger partial charge in [-0.25, -0.2) is 9.79 Å². The Bertz CT molecular complexity index is 1320. The third kappa shape index (κ3) is 4.00. The highest BCUT2D eigenvalue weighted by molar-refractivity contribution is 7.16. The lowest BCUT2D eigenvalue weighted by molar-refractivity contribution is 0.0997. The quantitative estimate of drug-likeness (QED) is 0.641. The summed E-state index contributed by atoms with van der Waals surface area (Å²) in [6, 6.07) is 8.74. The van der Waals surface area contributed by atoms with Crippen molar-refractivity contribution in [3.63, 3.8) is 0 Å². The van der Waals surface area contributed by atoms with Gasteiger partial charge in [-0.2, -0.15) is 5.26 Å². The van der Waals surface area contributed by atoms with E-state index in [1.807, 2.05) is 0 Å². The monoisotopic (exact) mass is 456 g/mol. The first kappa shape index (κ1) is 20.9. The molecule has 2 aromatic heterocycles. The van der Waals surface area contributed by atoms with Gasteiger partial charge in [-0.3, -0.25) is 4.79 Å². The third-order valence-electron chi connectivity index (χ3n) is 4.84. The highest BCUT2D eigenvalue weighted by Crippen LogP contribution is 2.38. The highest BCUT2D eigenvalue weighted by atomic mass is 35.5. The summed E-state index contributed by atoms with van der Waals surface area (Å²) in [6.45, 7) is 2.74. The summed E-state index contributed by atoms with van der Waals surface area (Å²) in [4.78, 5) is 31.2. The molecule has 3 heterocycles. The smallest absolute Gasteiger partial charge is 0.410 e. The van der Waals surface area contributed by atoms with Gasteiger partial charge in [0.2, 0.25) is 5.55 Å². The number of thiophene rings is 1. The average molecular weight is 457 g/mol. The minimum Gasteiger partial charge on any atom is -0.450 e. The predicted molar refractivity (Wildman–Crippen MR) is 115 cm³/mol. The molecule has 0 fully saturated rings. The van der Waals surface area contributed by atoms with Crippen LogP contribution in [0.2, 0.25) is 5.02 Å². The van der Waals surface area contributed by atoms with Gasteiger partial charge in [0.15, 0.2) is 0 Å². The summed E-state index contributed by atoms with van der Waals surface area (Å²) in [5.41, 5.74) is 7.47. The number of carbonyl (C=O) groups excluding carboxylic acids is 2. The number of fused-ring (bicyclic) bond motifs is 2. The first-order chi connectivity index (χ1) is 14.9. The molecular weight excluding hydrogens is 440 g/mol. The minimum absolute atomic E-state index is 0.0701. The second kappa shape index (κ2) is 8.41. The minimum atomic E-state index is -0.619. The van der Waals surface area contributed by atoms with Crippen molar-refractivity contribution in [1.82, 2.24) is 4.90 Å². The van der Waals surface area contributed by atoms with Gasteiger partial charge in [0.05, 0.1) is 18.7 Å². The molecule has 0 bridgehead atoms. The second-order valence-corrected chi connectivity index (χ2v) is 8.31. The van der Waals surface area contributed by atoms with Crippen molar-refractivity contribution in [3.05, 3.63) is 56.4 Å². The maximum Gasteiger partial charge on any atom is 0.410 e. The first-order valence-corrected chi connectivity index (χ1v) is 10.6. The van der Waals surface area contributed by atoms with E-state index < -0.39 is 12.0 Å². The fourth-order valence-corrected chi connectivity index (χ4v) is 4.87. The van der Waals surface area contributed by atoms with Crippen LogP contribution in [0.4, 0.5) is 9.80 Å². The molecule has 0 spiro atoms. The Morgan fingerprint density at radius 3 is 2.94 bits per heavy atom. The Morgan fingerprint density at radius 2 is 2.23 bits per heavy atom. The zero-order chi connectivity index (χ0) is 22.1. The summed E-state index contributed by atoms with van der Waals surface area (Å²) in [5, 5.41) is 11.1. The molecule has 8 nitrogen and oxygen atoms in total. The predicted octanol–water partition coefficient (Wildman–Crippen LogP) is 3.87. The van der Waals surface area contributed by atoms with Crippen molar-refractivity contribution in [2.45, 2.75) is 19.9 Å². The summed E-state index contributed by atoms with van der Waals surface area (Å²) in [6.07, 6.45) is 0.0484. The van der Waals surface area contributed by atoms with Gasteiger partial charge in [0.1, 0.15) is 22.2 Å². The Morgan fingerprint density at radius 1 is 1.42 bits per heavy atom. The Kier molecular flexibility index (Phi) is 5.67. The largest absolute Gasteiger partial charge is 0.450 e. The van der Waals surface area contributed by atoms with Crippen LogP contribution in [0.25, 0.3) is 11.0 Å². The van der Waals surface area contributed by atoms with E-state index in [-0.39, 0.29) is 17.7 Å². The van der Waals surface area contributed by atoms with E-state index in [9.17, 15) is 14.9 Å². The van der Waals surface area contributed by atoms with Gasteiger partial charge in [-0.05, 0) is 43.2 Å². The maximum absolute atomic E-state index is 12.2. The van der Waals surface area contributed by atoms with Crippen LogP contribution in [0.15, 0.2) is 33.7 Å². The molecule has 1 aromatic carbocycles. The van der Waals surface area contributed by atoms with Gasteiger partial charge in [-0.1, -0.05) is 11.6 Å². The molecule has 0 saturated carbocycles. The summed E-state index contributed by atoms with van der Waals surface area (Å²) < 4.78 is 10.9. The Hall–Kier alpha value is -3.35. The number of hydrogen-bond donors (Lipinski definition) is 1. The number of nitrogens with two attached hydrogens (primary N) is 1.